The maximum atomic E-state index is 13.3. The molecule has 1 aromatic carbocycles. The highest BCUT2D eigenvalue weighted by Crippen LogP contribution is 2.34. The number of carbonyl (C=O) groups is 1. The van der Waals surface area contributed by atoms with Crippen molar-refractivity contribution in [2.24, 2.45) is 0 Å². The van der Waals surface area contributed by atoms with Crippen LogP contribution in [0.3, 0.4) is 0 Å². The zero-order chi connectivity index (χ0) is 17.6. The van der Waals surface area contributed by atoms with Crippen molar-refractivity contribution in [3.63, 3.8) is 0 Å². The molecule has 0 unspecified atom stereocenters. The average molecular weight is 372 g/mol. The minimum absolute atomic E-state index is 0.0585. The molecule has 0 amide bonds. The molecular weight excluding hydrogens is 356 g/mol. The zero-order valence-corrected chi connectivity index (χ0v) is 15.2. The first-order chi connectivity index (χ1) is 12.1. The Kier molecular flexibility index (Phi) is 4.13. The molecule has 25 heavy (non-hydrogen) atoms. The lowest BCUT2D eigenvalue weighted by Gasteiger charge is -2.13. The summed E-state index contributed by atoms with van der Waals surface area (Å²) >= 11 is 3.06. The maximum Gasteiger partial charge on any atom is 0.335 e. The summed E-state index contributed by atoms with van der Waals surface area (Å²) in [6, 6.07) is 6.36. The second-order valence-corrected chi connectivity index (χ2v) is 7.84. The summed E-state index contributed by atoms with van der Waals surface area (Å²) in [5.74, 6) is -0.982. The van der Waals surface area contributed by atoms with E-state index < -0.39 is 5.97 Å². The van der Waals surface area contributed by atoms with Crippen LogP contribution < -0.4 is 5.56 Å². The van der Waals surface area contributed by atoms with E-state index in [0.29, 0.717) is 10.8 Å². The van der Waals surface area contributed by atoms with Crippen LogP contribution in [0.2, 0.25) is 0 Å². The Morgan fingerprint density at radius 1 is 1.24 bits per heavy atom. The molecule has 0 saturated carbocycles. The van der Waals surface area contributed by atoms with E-state index in [9.17, 15) is 9.59 Å². The highest BCUT2D eigenvalue weighted by Gasteiger charge is 2.22. The normalized spacial score (nSPS) is 13.8. The number of aromatic carboxylic acids is 1. The van der Waals surface area contributed by atoms with Crippen LogP contribution in [0.4, 0.5) is 0 Å². The van der Waals surface area contributed by atoms with Crippen LogP contribution in [0.25, 0.3) is 15.9 Å². The molecule has 0 fully saturated rings. The number of benzene rings is 1. The van der Waals surface area contributed by atoms with E-state index in [4.69, 9.17) is 10.1 Å². The van der Waals surface area contributed by atoms with E-state index in [1.54, 1.807) is 28.0 Å². The Hall–Kier alpha value is -2.12. The van der Waals surface area contributed by atoms with E-state index in [1.807, 2.05) is 6.26 Å². The number of hydrogen-bond donors (Lipinski definition) is 1. The summed E-state index contributed by atoms with van der Waals surface area (Å²) in [5.41, 5.74) is 1.94. The van der Waals surface area contributed by atoms with Gasteiger partial charge in [0.15, 0.2) is 5.16 Å². The highest BCUT2D eigenvalue weighted by molar-refractivity contribution is 7.98. The number of hydrogen-bond acceptors (Lipinski definition) is 5. The molecule has 0 spiro atoms. The van der Waals surface area contributed by atoms with Crippen molar-refractivity contribution in [3.8, 4) is 5.69 Å². The molecular formula is C18H16N2O3S2. The molecule has 1 N–H and O–H groups in total. The topological polar surface area (TPSA) is 72.2 Å². The molecule has 128 valence electrons. The fourth-order valence-electron chi connectivity index (χ4n) is 3.30. The summed E-state index contributed by atoms with van der Waals surface area (Å²) in [4.78, 5) is 31.1. The first-order valence-electron chi connectivity index (χ1n) is 8.05. The smallest absolute Gasteiger partial charge is 0.335 e. The molecule has 4 rings (SSSR count). The number of carboxylic acid groups (broad SMARTS) is 1. The molecule has 0 radical (unpaired) electrons. The Labute approximate surface area is 152 Å². The number of rotatable bonds is 3. The lowest BCUT2D eigenvalue weighted by molar-refractivity contribution is 0.0697. The maximum absolute atomic E-state index is 13.3. The number of fused-ring (bicyclic) bond motifs is 3. The average Bonchev–Trinajstić information content (AvgIpc) is 3.00. The standard InChI is InChI=1S/C18H16N2O3S2/c1-24-18-19-15-14(12-4-2-3-5-13(12)25-15)16(21)20(18)11-8-6-10(7-9-11)17(22)23/h6-9H,2-5H2,1H3,(H,22,23). The van der Waals surface area contributed by atoms with Crippen LogP contribution in [-0.2, 0) is 12.8 Å². The molecule has 0 bridgehead atoms. The predicted octanol–water partition coefficient (Wildman–Crippen LogP) is 3.75. The Balaban J connectivity index is 1.97. The first kappa shape index (κ1) is 16.4. The lowest BCUT2D eigenvalue weighted by atomic mass is 9.97. The third-order valence-corrected chi connectivity index (χ3v) is 6.34. The lowest BCUT2D eigenvalue weighted by Crippen LogP contribution is -2.22. The van der Waals surface area contributed by atoms with Gasteiger partial charge in [-0.05, 0) is 61.8 Å². The Morgan fingerprint density at radius 2 is 1.96 bits per heavy atom. The second kappa shape index (κ2) is 6.31. The number of aryl methyl sites for hydroxylation is 2. The highest BCUT2D eigenvalue weighted by atomic mass is 32.2. The molecule has 5 nitrogen and oxygen atoms in total. The molecule has 2 heterocycles. The van der Waals surface area contributed by atoms with E-state index >= 15 is 0 Å². The summed E-state index contributed by atoms with van der Waals surface area (Å²) < 4.78 is 1.60. The Morgan fingerprint density at radius 3 is 2.64 bits per heavy atom. The van der Waals surface area contributed by atoms with E-state index in [-0.39, 0.29) is 11.1 Å². The largest absolute Gasteiger partial charge is 0.478 e. The minimum atomic E-state index is -0.982. The molecule has 1 aliphatic rings. The number of thioether (sulfide) groups is 1. The first-order valence-corrected chi connectivity index (χ1v) is 10.1. The van der Waals surface area contributed by atoms with Gasteiger partial charge in [0.1, 0.15) is 4.83 Å². The summed E-state index contributed by atoms with van der Waals surface area (Å²) in [6.07, 6.45) is 6.12. The van der Waals surface area contributed by atoms with Gasteiger partial charge >= 0.3 is 5.97 Å². The summed E-state index contributed by atoms with van der Waals surface area (Å²) in [6.45, 7) is 0. The van der Waals surface area contributed by atoms with Crippen LogP contribution in [-0.4, -0.2) is 26.9 Å². The molecule has 0 aliphatic heterocycles. The van der Waals surface area contributed by atoms with Crippen LogP contribution in [0.5, 0.6) is 0 Å². The van der Waals surface area contributed by atoms with Gasteiger partial charge in [-0.3, -0.25) is 9.36 Å². The van der Waals surface area contributed by atoms with Crippen molar-refractivity contribution in [2.45, 2.75) is 30.8 Å². The third-order valence-electron chi connectivity index (χ3n) is 4.51. The number of nitrogens with zero attached hydrogens (tertiary/aromatic N) is 2. The van der Waals surface area contributed by atoms with Gasteiger partial charge in [0, 0.05) is 4.88 Å². The van der Waals surface area contributed by atoms with Crippen LogP contribution in [0.15, 0.2) is 34.2 Å². The van der Waals surface area contributed by atoms with Gasteiger partial charge in [-0.1, -0.05) is 11.8 Å². The van der Waals surface area contributed by atoms with Gasteiger partial charge in [0.2, 0.25) is 0 Å². The van der Waals surface area contributed by atoms with Crippen LogP contribution >= 0.6 is 23.1 Å². The van der Waals surface area contributed by atoms with E-state index in [2.05, 4.69) is 0 Å². The molecule has 1 aliphatic carbocycles. The van der Waals surface area contributed by atoms with Crippen molar-refractivity contribution in [1.82, 2.24) is 9.55 Å². The molecule has 2 aromatic heterocycles. The number of thiophene rings is 1. The van der Waals surface area contributed by atoms with Crippen molar-refractivity contribution in [2.75, 3.05) is 6.26 Å². The number of carboxylic acids is 1. The Bertz CT molecular complexity index is 1040. The van der Waals surface area contributed by atoms with Gasteiger partial charge < -0.3 is 5.11 Å². The fraction of sp³-hybridized carbons (Fsp3) is 0.278. The van der Waals surface area contributed by atoms with Crippen molar-refractivity contribution in [1.29, 1.82) is 0 Å². The van der Waals surface area contributed by atoms with Crippen LogP contribution in [0, 0.1) is 0 Å². The predicted molar refractivity (Wildman–Crippen MR) is 101 cm³/mol. The SMILES string of the molecule is CSc1nc2sc3c(c2c(=O)n1-c1ccc(C(=O)O)cc1)CCCC3. The molecule has 0 saturated heterocycles. The van der Waals surface area contributed by atoms with Crippen LogP contribution in [0.1, 0.15) is 33.6 Å². The quantitative estimate of drug-likeness (QED) is 0.560. The molecule has 7 heteroatoms. The van der Waals surface area contributed by atoms with Gasteiger partial charge in [-0.25, -0.2) is 9.78 Å². The molecule has 3 aromatic rings. The summed E-state index contributed by atoms with van der Waals surface area (Å²) in [5, 5.41) is 10.4. The van der Waals surface area contributed by atoms with E-state index in [1.165, 1.54) is 35.2 Å². The van der Waals surface area contributed by atoms with Gasteiger partial charge in [0.25, 0.3) is 5.56 Å². The van der Waals surface area contributed by atoms with Gasteiger partial charge in [-0.2, -0.15) is 0 Å². The zero-order valence-electron chi connectivity index (χ0n) is 13.6. The van der Waals surface area contributed by atoms with Crippen molar-refractivity contribution in [3.05, 3.63) is 50.6 Å². The second-order valence-electron chi connectivity index (χ2n) is 5.98. The minimum Gasteiger partial charge on any atom is -0.478 e. The fourth-order valence-corrected chi connectivity index (χ4v) is 5.17. The van der Waals surface area contributed by atoms with Crippen molar-refractivity contribution < 1.29 is 9.90 Å². The molecule has 0 atom stereocenters. The van der Waals surface area contributed by atoms with E-state index in [0.717, 1.165) is 35.0 Å². The van der Waals surface area contributed by atoms with Gasteiger partial charge in [0.05, 0.1) is 16.6 Å². The number of aromatic nitrogens is 2. The summed E-state index contributed by atoms with van der Waals surface area (Å²) in [7, 11) is 0. The third kappa shape index (κ3) is 2.67. The van der Waals surface area contributed by atoms with Gasteiger partial charge in [-0.15, -0.1) is 11.3 Å². The monoisotopic (exact) mass is 372 g/mol. The van der Waals surface area contributed by atoms with Crippen molar-refractivity contribution >= 4 is 39.3 Å².